The van der Waals surface area contributed by atoms with Crippen LogP contribution >= 0.6 is 0 Å². The summed E-state index contributed by atoms with van der Waals surface area (Å²) in [6, 6.07) is 7.97. The van der Waals surface area contributed by atoms with E-state index in [-0.39, 0.29) is 36.0 Å². The van der Waals surface area contributed by atoms with Gasteiger partial charge in [-0.15, -0.1) is 0 Å². The van der Waals surface area contributed by atoms with E-state index in [1.807, 2.05) is 11.6 Å². The molecule has 0 aliphatic rings. The zero-order valence-electron chi connectivity index (χ0n) is 19.4. The normalized spacial score (nSPS) is 11.8. The highest BCUT2D eigenvalue weighted by Gasteiger charge is 2.23. The Morgan fingerprint density at radius 2 is 1.86 bits per heavy atom. The Bertz CT molecular complexity index is 1310. The fourth-order valence-corrected chi connectivity index (χ4v) is 3.64. The van der Waals surface area contributed by atoms with Gasteiger partial charge in [0.05, 0.1) is 26.0 Å². The van der Waals surface area contributed by atoms with Crippen LogP contribution in [0.25, 0.3) is 11.3 Å². The Kier molecular flexibility index (Phi) is 7.09. The molecule has 4 rings (SSSR count). The monoisotopic (exact) mass is 482 g/mol. The molecule has 35 heavy (non-hydrogen) atoms. The highest BCUT2D eigenvalue weighted by atomic mass is 19.1. The molecule has 0 saturated carbocycles. The third-order valence-electron chi connectivity index (χ3n) is 5.45. The number of halogens is 2. The second-order valence-electron chi connectivity index (χ2n) is 7.79. The van der Waals surface area contributed by atoms with Gasteiger partial charge in [0.2, 0.25) is 5.91 Å². The van der Waals surface area contributed by atoms with Crippen molar-refractivity contribution in [2.75, 3.05) is 14.2 Å². The van der Waals surface area contributed by atoms with Gasteiger partial charge in [-0.2, -0.15) is 0 Å². The molecule has 2 aromatic carbocycles. The number of nitrogens with zero attached hydrogens (tertiary/aromatic N) is 3. The number of carbonyl (C=O) groups excluding carboxylic acids is 1. The van der Waals surface area contributed by atoms with Crippen molar-refractivity contribution in [1.29, 1.82) is 0 Å². The summed E-state index contributed by atoms with van der Waals surface area (Å²) in [6.45, 7) is 0. The van der Waals surface area contributed by atoms with E-state index >= 15 is 0 Å². The molecule has 4 aromatic rings. The van der Waals surface area contributed by atoms with Crippen molar-refractivity contribution in [1.82, 2.24) is 19.9 Å². The minimum absolute atomic E-state index is 0.0634. The Balaban J connectivity index is 1.50. The average molecular weight is 482 g/mol. The van der Waals surface area contributed by atoms with Crippen molar-refractivity contribution in [2.24, 2.45) is 7.05 Å². The Hall–Kier alpha value is -4.21. The van der Waals surface area contributed by atoms with Crippen LogP contribution in [-0.2, 0) is 18.3 Å². The van der Waals surface area contributed by atoms with Crippen molar-refractivity contribution in [3.05, 3.63) is 83.9 Å². The van der Waals surface area contributed by atoms with Crippen molar-refractivity contribution in [2.45, 2.75) is 18.9 Å². The van der Waals surface area contributed by atoms with Crippen LogP contribution in [0.4, 0.5) is 8.78 Å². The van der Waals surface area contributed by atoms with Gasteiger partial charge in [-0.25, -0.2) is 18.7 Å². The van der Waals surface area contributed by atoms with Gasteiger partial charge in [-0.05, 0) is 29.8 Å². The number of aromatic nitrogens is 3. The van der Waals surface area contributed by atoms with Gasteiger partial charge in [-0.3, -0.25) is 4.79 Å². The van der Waals surface area contributed by atoms with Crippen molar-refractivity contribution >= 4 is 5.91 Å². The first-order valence-corrected chi connectivity index (χ1v) is 10.8. The molecule has 182 valence electrons. The maximum absolute atomic E-state index is 14.0. The van der Waals surface area contributed by atoms with Crippen LogP contribution in [0.15, 0.2) is 59.4 Å². The number of imidazole rings is 1. The number of rotatable bonds is 9. The SMILES string of the molecule is COc1cc(OC)cc(C(NC(=O)CCc2ncc(-c3ccc(F)cc3F)o2)c2nccn2C)c1. The summed E-state index contributed by atoms with van der Waals surface area (Å²) >= 11 is 0. The lowest BCUT2D eigenvalue weighted by molar-refractivity contribution is -0.121. The maximum atomic E-state index is 14.0. The highest BCUT2D eigenvalue weighted by Crippen LogP contribution is 2.30. The van der Waals surface area contributed by atoms with Gasteiger partial charge in [0, 0.05) is 44.4 Å². The van der Waals surface area contributed by atoms with E-state index in [9.17, 15) is 13.6 Å². The lowest BCUT2D eigenvalue weighted by Gasteiger charge is -2.20. The highest BCUT2D eigenvalue weighted by molar-refractivity contribution is 5.77. The van der Waals surface area contributed by atoms with Gasteiger partial charge >= 0.3 is 0 Å². The number of nitrogens with one attached hydrogen (secondary N) is 1. The summed E-state index contributed by atoms with van der Waals surface area (Å²) in [4.78, 5) is 21.4. The van der Waals surface area contributed by atoms with E-state index < -0.39 is 17.7 Å². The molecule has 1 amide bonds. The molecule has 0 aliphatic heterocycles. The second-order valence-corrected chi connectivity index (χ2v) is 7.79. The molecule has 1 atom stereocenters. The first-order valence-electron chi connectivity index (χ1n) is 10.8. The van der Waals surface area contributed by atoms with Crippen molar-refractivity contribution < 1.29 is 27.5 Å². The zero-order valence-corrected chi connectivity index (χ0v) is 19.4. The van der Waals surface area contributed by atoms with E-state index in [0.29, 0.717) is 17.3 Å². The lowest BCUT2D eigenvalue weighted by Crippen LogP contribution is -2.31. The maximum Gasteiger partial charge on any atom is 0.221 e. The number of oxazole rings is 1. The predicted octanol–water partition coefficient (Wildman–Crippen LogP) is 4.21. The van der Waals surface area contributed by atoms with Crippen LogP contribution in [0, 0.1) is 11.6 Å². The molecule has 2 heterocycles. The second kappa shape index (κ2) is 10.4. The first kappa shape index (κ1) is 23.9. The smallest absolute Gasteiger partial charge is 0.221 e. The summed E-state index contributed by atoms with van der Waals surface area (Å²) in [7, 11) is 4.94. The van der Waals surface area contributed by atoms with Crippen LogP contribution < -0.4 is 14.8 Å². The van der Waals surface area contributed by atoms with Crippen molar-refractivity contribution in [3.63, 3.8) is 0 Å². The molecular weight excluding hydrogens is 458 g/mol. The number of hydrogen-bond donors (Lipinski definition) is 1. The van der Waals surface area contributed by atoms with Gasteiger partial charge in [0.15, 0.2) is 11.7 Å². The van der Waals surface area contributed by atoms with Gasteiger partial charge in [0.25, 0.3) is 0 Å². The minimum atomic E-state index is -0.753. The summed E-state index contributed by atoms with van der Waals surface area (Å²) in [6.07, 6.45) is 5.03. The number of benzene rings is 2. The van der Waals surface area contributed by atoms with E-state index in [1.54, 1.807) is 44.8 Å². The van der Waals surface area contributed by atoms with Crippen molar-refractivity contribution in [3.8, 4) is 22.8 Å². The molecular formula is C25H24F2N4O4. The molecule has 0 spiro atoms. The number of carbonyl (C=O) groups is 1. The molecule has 2 aromatic heterocycles. The third kappa shape index (κ3) is 5.48. The van der Waals surface area contributed by atoms with Gasteiger partial charge in [0.1, 0.15) is 35.0 Å². The lowest BCUT2D eigenvalue weighted by atomic mass is 10.0. The molecule has 1 N–H and O–H groups in total. The molecule has 1 unspecified atom stereocenters. The summed E-state index contributed by atoms with van der Waals surface area (Å²) in [5.74, 6) is 0.492. The number of hydrogen-bond acceptors (Lipinski definition) is 6. The Labute approximate surface area is 200 Å². The fraction of sp³-hybridized carbons (Fsp3) is 0.240. The van der Waals surface area contributed by atoms with Crippen LogP contribution in [-0.4, -0.2) is 34.7 Å². The van der Waals surface area contributed by atoms with Crippen LogP contribution in [0.5, 0.6) is 11.5 Å². The number of ether oxygens (including phenoxy) is 2. The molecule has 0 aliphatic carbocycles. The third-order valence-corrected chi connectivity index (χ3v) is 5.45. The van der Waals surface area contributed by atoms with Crippen LogP contribution in [0.3, 0.4) is 0 Å². The summed E-state index contributed by atoms with van der Waals surface area (Å²) < 4.78 is 45.3. The quantitative estimate of drug-likeness (QED) is 0.384. The molecule has 0 radical (unpaired) electrons. The van der Waals surface area contributed by atoms with E-state index in [2.05, 4.69) is 15.3 Å². The molecule has 0 saturated heterocycles. The van der Waals surface area contributed by atoms with E-state index in [0.717, 1.165) is 17.7 Å². The summed E-state index contributed by atoms with van der Waals surface area (Å²) in [5, 5.41) is 3.00. The zero-order chi connectivity index (χ0) is 24.9. The number of methoxy groups -OCH3 is 2. The van der Waals surface area contributed by atoms with Gasteiger partial charge in [-0.1, -0.05) is 0 Å². The van der Waals surface area contributed by atoms with E-state index in [1.165, 1.54) is 12.3 Å². The molecule has 0 fully saturated rings. The largest absolute Gasteiger partial charge is 0.497 e. The topological polar surface area (TPSA) is 91.4 Å². The van der Waals surface area contributed by atoms with Gasteiger partial charge < -0.3 is 23.8 Å². The fourth-order valence-electron chi connectivity index (χ4n) is 3.64. The predicted molar refractivity (Wildman–Crippen MR) is 123 cm³/mol. The molecule has 8 nitrogen and oxygen atoms in total. The molecule has 10 heteroatoms. The first-order chi connectivity index (χ1) is 16.9. The minimum Gasteiger partial charge on any atom is -0.497 e. The Morgan fingerprint density at radius 3 is 2.49 bits per heavy atom. The summed E-state index contributed by atoms with van der Waals surface area (Å²) in [5.41, 5.74) is 0.825. The number of aryl methyl sites for hydroxylation is 2. The van der Waals surface area contributed by atoms with Crippen LogP contribution in [0.1, 0.15) is 29.7 Å². The standard InChI is InChI=1S/C25H24F2N4O4/c1-31-9-8-28-25(31)24(15-10-17(33-2)13-18(11-15)34-3)30-22(32)6-7-23-29-14-21(35-23)19-5-4-16(26)12-20(19)27/h4-5,8-14,24H,6-7H2,1-3H3,(H,30,32). The van der Waals surface area contributed by atoms with E-state index in [4.69, 9.17) is 13.9 Å². The molecule has 0 bridgehead atoms. The Morgan fingerprint density at radius 1 is 1.11 bits per heavy atom. The van der Waals surface area contributed by atoms with Crippen LogP contribution in [0.2, 0.25) is 0 Å². The number of amides is 1. The average Bonchev–Trinajstić information content (AvgIpc) is 3.49.